The van der Waals surface area contributed by atoms with Crippen molar-refractivity contribution >= 4 is 5.97 Å². The second-order valence-corrected chi connectivity index (χ2v) is 3.43. The summed E-state index contributed by atoms with van der Waals surface area (Å²) < 4.78 is 9.96. The number of carboxylic acid groups (broad SMARTS) is 1. The van der Waals surface area contributed by atoms with Crippen LogP contribution in [0.5, 0.6) is 5.88 Å². The monoisotopic (exact) mass is 234 g/mol. The highest BCUT2D eigenvalue weighted by molar-refractivity contribution is 5.86. The quantitative estimate of drug-likeness (QED) is 0.870. The Balaban J connectivity index is 2.39. The fraction of sp³-hybridized carbons (Fsp3) is 0.182. The number of methoxy groups -OCH3 is 1. The molecule has 6 nitrogen and oxygen atoms in total. The summed E-state index contributed by atoms with van der Waals surface area (Å²) in [7, 11) is 1.53. The van der Waals surface area contributed by atoms with Gasteiger partial charge in [-0.1, -0.05) is 5.16 Å². The molecule has 0 radical (unpaired) electrons. The third-order valence-corrected chi connectivity index (χ3v) is 2.24. The van der Waals surface area contributed by atoms with Gasteiger partial charge in [-0.2, -0.15) is 0 Å². The molecular weight excluding hydrogens is 224 g/mol. The number of nitrogens with zero attached hydrogens (tertiary/aromatic N) is 2. The molecule has 0 aliphatic heterocycles. The Bertz CT molecular complexity index is 562. The van der Waals surface area contributed by atoms with Crippen molar-refractivity contribution in [2.75, 3.05) is 7.11 Å². The maximum absolute atomic E-state index is 10.7. The van der Waals surface area contributed by atoms with Gasteiger partial charge in [0.25, 0.3) is 0 Å². The number of hydrogen-bond acceptors (Lipinski definition) is 5. The van der Waals surface area contributed by atoms with Crippen molar-refractivity contribution < 1.29 is 19.2 Å². The summed E-state index contributed by atoms with van der Waals surface area (Å²) in [6.07, 6.45) is 1.54. The van der Waals surface area contributed by atoms with Crippen molar-refractivity contribution in [3.05, 3.63) is 29.6 Å². The van der Waals surface area contributed by atoms with Gasteiger partial charge < -0.3 is 14.4 Å². The van der Waals surface area contributed by atoms with Gasteiger partial charge in [-0.25, -0.2) is 9.78 Å². The third-order valence-electron chi connectivity index (χ3n) is 2.24. The first-order valence-electron chi connectivity index (χ1n) is 4.83. The van der Waals surface area contributed by atoms with Gasteiger partial charge in [-0.15, -0.1) is 0 Å². The lowest BCUT2D eigenvalue weighted by molar-refractivity contribution is 0.0686. The van der Waals surface area contributed by atoms with Crippen LogP contribution in [0.1, 0.15) is 16.1 Å². The van der Waals surface area contributed by atoms with E-state index in [-0.39, 0.29) is 5.69 Å². The zero-order valence-corrected chi connectivity index (χ0v) is 9.30. The second-order valence-electron chi connectivity index (χ2n) is 3.43. The van der Waals surface area contributed by atoms with Crippen LogP contribution in [-0.4, -0.2) is 28.3 Å². The third kappa shape index (κ3) is 2.10. The number of aryl methyl sites for hydroxylation is 1. The van der Waals surface area contributed by atoms with E-state index in [1.807, 2.05) is 6.92 Å². The van der Waals surface area contributed by atoms with Gasteiger partial charge in [0, 0.05) is 23.4 Å². The highest BCUT2D eigenvalue weighted by Crippen LogP contribution is 2.24. The first-order chi connectivity index (χ1) is 8.11. The minimum Gasteiger partial charge on any atom is -0.481 e. The number of carbonyl (C=O) groups is 1. The van der Waals surface area contributed by atoms with E-state index in [0.29, 0.717) is 17.2 Å². The molecule has 2 rings (SSSR count). The molecule has 0 saturated heterocycles. The topological polar surface area (TPSA) is 85.5 Å². The zero-order chi connectivity index (χ0) is 12.4. The molecule has 0 saturated carbocycles. The van der Waals surface area contributed by atoms with Gasteiger partial charge in [-0.05, 0) is 13.0 Å². The van der Waals surface area contributed by atoms with E-state index in [1.165, 1.54) is 19.4 Å². The number of aromatic nitrogens is 2. The van der Waals surface area contributed by atoms with Crippen LogP contribution in [0.25, 0.3) is 11.3 Å². The summed E-state index contributed by atoms with van der Waals surface area (Å²) in [6, 6.07) is 3.14. The fourth-order valence-electron chi connectivity index (χ4n) is 1.42. The summed E-state index contributed by atoms with van der Waals surface area (Å²) in [4.78, 5) is 14.7. The first kappa shape index (κ1) is 11.1. The van der Waals surface area contributed by atoms with Crippen molar-refractivity contribution in [3.8, 4) is 17.2 Å². The smallest absolute Gasteiger partial charge is 0.358 e. The van der Waals surface area contributed by atoms with Gasteiger partial charge >= 0.3 is 5.97 Å². The highest BCUT2D eigenvalue weighted by Gasteiger charge is 2.13. The summed E-state index contributed by atoms with van der Waals surface area (Å²) in [5.74, 6) is -0.245. The SMILES string of the molecule is COc1ncc(-c2cc(C(=O)O)no2)cc1C. The average Bonchev–Trinajstić information content (AvgIpc) is 2.78. The normalized spacial score (nSPS) is 10.2. The Labute approximate surface area is 96.8 Å². The summed E-state index contributed by atoms with van der Waals surface area (Å²) >= 11 is 0. The largest absolute Gasteiger partial charge is 0.481 e. The first-order valence-corrected chi connectivity index (χ1v) is 4.83. The summed E-state index contributed by atoms with van der Waals surface area (Å²) in [5, 5.41) is 12.2. The molecule has 2 heterocycles. The maximum atomic E-state index is 10.7. The lowest BCUT2D eigenvalue weighted by Gasteiger charge is -2.03. The maximum Gasteiger partial charge on any atom is 0.358 e. The zero-order valence-electron chi connectivity index (χ0n) is 9.30. The van der Waals surface area contributed by atoms with E-state index in [0.717, 1.165) is 5.56 Å². The molecule has 1 N–H and O–H groups in total. The van der Waals surface area contributed by atoms with Crippen LogP contribution in [-0.2, 0) is 0 Å². The van der Waals surface area contributed by atoms with Gasteiger partial charge in [0.2, 0.25) is 5.88 Å². The number of carboxylic acids is 1. The Kier molecular flexibility index (Phi) is 2.78. The molecule has 88 valence electrons. The lowest BCUT2D eigenvalue weighted by atomic mass is 10.1. The molecule has 6 heteroatoms. The molecule has 0 spiro atoms. The Morgan fingerprint density at radius 3 is 2.76 bits per heavy atom. The standard InChI is InChI=1S/C11H10N2O4/c1-6-3-7(5-12-10(6)16-2)9-4-8(11(14)15)13-17-9/h3-5H,1-2H3,(H,14,15). The van der Waals surface area contributed by atoms with E-state index in [4.69, 9.17) is 14.4 Å². The van der Waals surface area contributed by atoms with Crippen molar-refractivity contribution in [1.82, 2.24) is 10.1 Å². The number of ether oxygens (including phenoxy) is 1. The number of rotatable bonds is 3. The van der Waals surface area contributed by atoms with Crippen molar-refractivity contribution in [2.45, 2.75) is 6.92 Å². The van der Waals surface area contributed by atoms with Crippen LogP contribution in [0.3, 0.4) is 0 Å². The molecule has 0 amide bonds. The molecule has 0 unspecified atom stereocenters. The molecule has 2 aromatic heterocycles. The molecule has 17 heavy (non-hydrogen) atoms. The molecule has 2 aromatic rings. The fourth-order valence-corrected chi connectivity index (χ4v) is 1.42. The van der Waals surface area contributed by atoms with E-state index in [1.54, 1.807) is 6.07 Å². The molecular formula is C11H10N2O4. The Morgan fingerprint density at radius 2 is 2.24 bits per heavy atom. The molecule has 0 aliphatic rings. The summed E-state index contributed by atoms with van der Waals surface area (Å²) in [6.45, 7) is 1.84. The molecule has 0 atom stereocenters. The van der Waals surface area contributed by atoms with E-state index >= 15 is 0 Å². The van der Waals surface area contributed by atoms with Crippen LogP contribution in [0.4, 0.5) is 0 Å². The summed E-state index contributed by atoms with van der Waals surface area (Å²) in [5.41, 5.74) is 1.36. The number of aromatic carboxylic acids is 1. The van der Waals surface area contributed by atoms with Crippen LogP contribution in [0.15, 0.2) is 22.9 Å². The Morgan fingerprint density at radius 1 is 1.47 bits per heavy atom. The Hall–Kier alpha value is -2.37. The van der Waals surface area contributed by atoms with Crippen molar-refractivity contribution in [2.24, 2.45) is 0 Å². The molecule has 0 aliphatic carbocycles. The van der Waals surface area contributed by atoms with E-state index in [2.05, 4.69) is 10.1 Å². The minimum absolute atomic E-state index is 0.131. The predicted octanol–water partition coefficient (Wildman–Crippen LogP) is 1.75. The van der Waals surface area contributed by atoms with Gasteiger partial charge in [0.15, 0.2) is 11.5 Å². The van der Waals surface area contributed by atoms with Crippen molar-refractivity contribution in [3.63, 3.8) is 0 Å². The molecule has 0 fully saturated rings. The number of hydrogen-bond donors (Lipinski definition) is 1. The van der Waals surface area contributed by atoms with Gasteiger partial charge in [0.05, 0.1) is 7.11 Å². The van der Waals surface area contributed by atoms with Crippen LogP contribution in [0, 0.1) is 6.92 Å². The van der Waals surface area contributed by atoms with Crippen LogP contribution in [0.2, 0.25) is 0 Å². The lowest BCUT2D eigenvalue weighted by Crippen LogP contribution is -1.94. The van der Waals surface area contributed by atoms with Gasteiger partial charge in [0.1, 0.15) is 0 Å². The highest BCUT2D eigenvalue weighted by atomic mass is 16.5. The van der Waals surface area contributed by atoms with Crippen LogP contribution >= 0.6 is 0 Å². The average molecular weight is 234 g/mol. The van der Waals surface area contributed by atoms with Gasteiger partial charge in [-0.3, -0.25) is 0 Å². The number of pyridine rings is 1. The molecule has 0 bridgehead atoms. The second kappa shape index (κ2) is 4.25. The predicted molar refractivity (Wildman–Crippen MR) is 58.0 cm³/mol. The molecule has 0 aromatic carbocycles. The van der Waals surface area contributed by atoms with Crippen molar-refractivity contribution in [1.29, 1.82) is 0 Å². The van der Waals surface area contributed by atoms with Crippen LogP contribution < -0.4 is 4.74 Å². The van der Waals surface area contributed by atoms with E-state index in [9.17, 15) is 4.79 Å². The minimum atomic E-state index is -1.13. The van der Waals surface area contributed by atoms with E-state index < -0.39 is 5.97 Å².